The molecule has 37 heavy (non-hydrogen) atoms. The Bertz CT molecular complexity index is 1700. The molecular formula is C23H14F7N3O3S. The number of alkyl halides is 6. The van der Waals surface area contributed by atoms with Crippen LogP contribution in [0, 0.1) is 5.82 Å². The predicted octanol–water partition coefficient (Wildman–Crippen LogP) is 5.42. The lowest BCUT2D eigenvalue weighted by Crippen LogP contribution is -2.24. The largest absolute Gasteiger partial charge is 0.419 e. The molecule has 0 radical (unpaired) electrons. The molecule has 4 rings (SSSR count). The van der Waals surface area contributed by atoms with E-state index in [1.165, 1.54) is 6.92 Å². The number of sulfone groups is 1. The van der Waals surface area contributed by atoms with Gasteiger partial charge in [-0.15, -0.1) is 0 Å². The van der Waals surface area contributed by atoms with Crippen molar-refractivity contribution >= 4 is 20.6 Å². The van der Waals surface area contributed by atoms with Gasteiger partial charge in [-0.05, 0) is 42.0 Å². The van der Waals surface area contributed by atoms with Crippen LogP contribution in [0.25, 0.3) is 27.7 Å². The van der Waals surface area contributed by atoms with Crippen molar-refractivity contribution in [3.05, 3.63) is 82.2 Å². The molecule has 194 valence electrons. The van der Waals surface area contributed by atoms with Crippen LogP contribution in [0.4, 0.5) is 30.7 Å². The maximum Gasteiger partial charge on any atom is 0.419 e. The monoisotopic (exact) mass is 545 g/mol. The Labute approximate surface area is 203 Å². The minimum atomic E-state index is -5.01. The van der Waals surface area contributed by atoms with Crippen LogP contribution in [0.2, 0.25) is 0 Å². The summed E-state index contributed by atoms with van der Waals surface area (Å²) in [5.74, 6) is -2.52. The smallest absolute Gasteiger partial charge is 0.267 e. The predicted molar refractivity (Wildman–Crippen MR) is 118 cm³/mol. The van der Waals surface area contributed by atoms with Gasteiger partial charge >= 0.3 is 12.4 Å². The van der Waals surface area contributed by atoms with Gasteiger partial charge in [0.25, 0.3) is 5.56 Å². The first-order chi connectivity index (χ1) is 17.1. The highest BCUT2D eigenvalue weighted by Crippen LogP contribution is 2.35. The Kier molecular flexibility index (Phi) is 6.34. The second-order valence-electron chi connectivity index (χ2n) is 7.80. The second-order valence-corrected chi connectivity index (χ2v) is 10.0. The molecule has 0 unspecified atom stereocenters. The van der Waals surface area contributed by atoms with Crippen LogP contribution in [-0.2, 0) is 22.2 Å². The summed E-state index contributed by atoms with van der Waals surface area (Å²) in [6, 6.07) is 5.35. The van der Waals surface area contributed by atoms with E-state index in [2.05, 4.69) is 10.1 Å². The van der Waals surface area contributed by atoms with E-state index in [9.17, 15) is 43.9 Å². The highest BCUT2D eigenvalue weighted by Gasteiger charge is 2.34. The molecule has 2 aromatic heterocycles. The van der Waals surface area contributed by atoms with Crippen LogP contribution in [0.15, 0.2) is 64.5 Å². The number of rotatable bonds is 4. The normalized spacial score (nSPS) is 12.8. The SMILES string of the molecule is CCS(=O)(=O)c1cc(-c2ccc(F)c(C(F)(F)F)c2)cnc1-n1ncc2cc(C(F)(F)F)ccc2c1=O. The molecule has 0 N–H and O–H groups in total. The third-order valence-electron chi connectivity index (χ3n) is 5.47. The number of hydrogen-bond donors (Lipinski definition) is 0. The number of pyridine rings is 1. The van der Waals surface area contributed by atoms with Crippen molar-refractivity contribution < 1.29 is 39.2 Å². The number of benzene rings is 2. The van der Waals surface area contributed by atoms with E-state index in [1.807, 2.05) is 0 Å². The molecule has 0 atom stereocenters. The Morgan fingerprint density at radius 1 is 0.892 bits per heavy atom. The van der Waals surface area contributed by atoms with Gasteiger partial charge in [0.15, 0.2) is 15.7 Å². The molecule has 0 amide bonds. The summed E-state index contributed by atoms with van der Waals surface area (Å²) in [6.07, 6.45) is -7.78. The molecule has 0 saturated carbocycles. The lowest BCUT2D eigenvalue weighted by Gasteiger charge is -2.14. The van der Waals surface area contributed by atoms with E-state index in [0.29, 0.717) is 28.9 Å². The quantitative estimate of drug-likeness (QED) is 0.320. The molecule has 6 nitrogen and oxygen atoms in total. The Balaban J connectivity index is 1.93. The highest BCUT2D eigenvalue weighted by atomic mass is 32.2. The van der Waals surface area contributed by atoms with E-state index >= 15 is 0 Å². The van der Waals surface area contributed by atoms with Gasteiger partial charge in [-0.1, -0.05) is 13.0 Å². The second kappa shape index (κ2) is 8.94. The van der Waals surface area contributed by atoms with Crippen molar-refractivity contribution in [1.82, 2.24) is 14.8 Å². The molecule has 4 aromatic rings. The molecular weight excluding hydrogens is 531 g/mol. The maximum atomic E-state index is 13.7. The zero-order valence-corrected chi connectivity index (χ0v) is 19.3. The van der Waals surface area contributed by atoms with Crippen LogP contribution >= 0.6 is 0 Å². The number of hydrogen-bond acceptors (Lipinski definition) is 5. The third kappa shape index (κ3) is 4.92. The van der Waals surface area contributed by atoms with E-state index in [4.69, 9.17) is 0 Å². The summed E-state index contributed by atoms with van der Waals surface area (Å²) in [6.45, 7) is 1.28. The third-order valence-corrected chi connectivity index (χ3v) is 7.20. The van der Waals surface area contributed by atoms with Gasteiger partial charge in [0, 0.05) is 17.1 Å². The molecule has 0 fully saturated rings. The summed E-state index contributed by atoms with van der Waals surface area (Å²) >= 11 is 0. The summed E-state index contributed by atoms with van der Waals surface area (Å²) < 4.78 is 118. The molecule has 2 aromatic carbocycles. The van der Waals surface area contributed by atoms with E-state index in [-0.39, 0.29) is 21.9 Å². The van der Waals surface area contributed by atoms with Crippen molar-refractivity contribution in [3.8, 4) is 16.9 Å². The van der Waals surface area contributed by atoms with Crippen LogP contribution in [0.5, 0.6) is 0 Å². The number of halogens is 7. The number of nitrogens with zero attached hydrogens (tertiary/aromatic N) is 3. The molecule has 0 saturated heterocycles. The minimum Gasteiger partial charge on any atom is -0.267 e. The van der Waals surface area contributed by atoms with E-state index < -0.39 is 61.2 Å². The molecule has 0 aliphatic heterocycles. The fraction of sp³-hybridized carbons (Fsp3) is 0.174. The van der Waals surface area contributed by atoms with Crippen LogP contribution < -0.4 is 5.56 Å². The van der Waals surface area contributed by atoms with E-state index in [1.54, 1.807) is 0 Å². The standard InChI is InChI=1S/C23H14F7N3O3S/c1-2-37(35,36)19-9-13(12-3-6-18(24)17(8-12)23(28,29)30)10-31-20(19)33-21(34)16-5-4-15(22(25,26)27)7-14(16)11-32-33/h3-11H,2H2,1H3. The molecule has 14 heteroatoms. The average Bonchev–Trinajstić information content (AvgIpc) is 2.83. The van der Waals surface area contributed by atoms with Gasteiger partial charge in [-0.25, -0.2) is 17.8 Å². The van der Waals surface area contributed by atoms with Crippen LogP contribution in [-0.4, -0.2) is 28.9 Å². The lowest BCUT2D eigenvalue weighted by molar-refractivity contribution is -0.140. The van der Waals surface area contributed by atoms with Gasteiger partial charge in [0.05, 0.1) is 28.5 Å². The zero-order chi connectivity index (χ0) is 27.3. The van der Waals surface area contributed by atoms with Crippen LogP contribution in [0.1, 0.15) is 18.1 Å². The summed E-state index contributed by atoms with van der Waals surface area (Å²) in [4.78, 5) is 16.4. The highest BCUT2D eigenvalue weighted by molar-refractivity contribution is 7.91. The fourth-order valence-corrected chi connectivity index (χ4v) is 4.57. The van der Waals surface area contributed by atoms with Crippen molar-refractivity contribution in [3.63, 3.8) is 0 Å². The Morgan fingerprint density at radius 2 is 1.59 bits per heavy atom. The Hall–Kier alpha value is -3.81. The van der Waals surface area contributed by atoms with Crippen molar-refractivity contribution in [1.29, 1.82) is 0 Å². The number of fused-ring (bicyclic) bond motifs is 1. The molecule has 0 bridgehead atoms. The van der Waals surface area contributed by atoms with Gasteiger partial charge in [0.1, 0.15) is 10.7 Å². The van der Waals surface area contributed by atoms with Gasteiger partial charge in [0.2, 0.25) is 0 Å². The maximum absolute atomic E-state index is 13.7. The summed E-state index contributed by atoms with van der Waals surface area (Å²) in [5, 5.41) is 3.42. The number of aromatic nitrogens is 3. The summed E-state index contributed by atoms with van der Waals surface area (Å²) in [7, 11) is -4.16. The first-order valence-electron chi connectivity index (χ1n) is 10.3. The summed E-state index contributed by atoms with van der Waals surface area (Å²) in [5.41, 5.74) is -3.88. The fourth-order valence-electron chi connectivity index (χ4n) is 3.54. The molecule has 0 aliphatic carbocycles. The van der Waals surface area contributed by atoms with E-state index in [0.717, 1.165) is 30.6 Å². The topological polar surface area (TPSA) is 81.9 Å². The molecule has 0 spiro atoms. The lowest BCUT2D eigenvalue weighted by atomic mass is 10.0. The minimum absolute atomic E-state index is 0.120. The molecule has 0 aliphatic rings. The van der Waals surface area contributed by atoms with Crippen molar-refractivity contribution in [2.75, 3.05) is 5.75 Å². The average molecular weight is 545 g/mol. The van der Waals surface area contributed by atoms with Crippen molar-refractivity contribution in [2.24, 2.45) is 0 Å². The van der Waals surface area contributed by atoms with Gasteiger partial charge in [-0.2, -0.15) is 36.1 Å². The Morgan fingerprint density at radius 3 is 2.22 bits per heavy atom. The van der Waals surface area contributed by atoms with Gasteiger partial charge < -0.3 is 0 Å². The van der Waals surface area contributed by atoms with Crippen LogP contribution in [0.3, 0.4) is 0 Å². The molecule has 2 heterocycles. The zero-order valence-electron chi connectivity index (χ0n) is 18.5. The first-order valence-corrected chi connectivity index (χ1v) is 12.0. The van der Waals surface area contributed by atoms with Gasteiger partial charge in [-0.3, -0.25) is 4.79 Å². The van der Waals surface area contributed by atoms with Crippen molar-refractivity contribution in [2.45, 2.75) is 24.2 Å². The first kappa shape index (κ1) is 26.3.